The van der Waals surface area contributed by atoms with Gasteiger partial charge in [0.05, 0.1) is 43.2 Å². The van der Waals surface area contributed by atoms with Crippen LogP contribution in [0.3, 0.4) is 0 Å². The average Bonchev–Trinajstić information content (AvgIpc) is 3.13. The molecule has 0 spiro atoms. The number of rotatable bonds is 17. The Kier molecular flexibility index (Phi) is 17.2. The quantitative estimate of drug-likeness (QED) is 0.0970. The Hall–Kier alpha value is -2.85. The van der Waals surface area contributed by atoms with E-state index in [4.69, 9.17) is 22.3 Å². The molecule has 0 aliphatic heterocycles. The number of hydrogen-bond donors (Lipinski definition) is 4. The summed E-state index contributed by atoms with van der Waals surface area (Å²) >= 11 is 0. The molecule has 3 saturated carbocycles. The Morgan fingerprint density at radius 2 is 1.46 bits per heavy atom. The molecule has 0 saturated heterocycles. The number of nitrogens with one attached hydrogen (secondary N) is 1. The minimum absolute atomic E-state index is 0.0104. The maximum Gasteiger partial charge on any atom is 0.348 e. The molecule has 7 N–H and O–H groups in total. The number of nitrogens with zero attached hydrogens (tertiary/aromatic N) is 4. The number of ether oxygens (including phenoxy) is 1. The van der Waals surface area contributed by atoms with Gasteiger partial charge >= 0.3 is 12.0 Å². The number of carbonyl (C=O) groups excluding carboxylic acids is 5. The number of carbonyl (C=O) groups is 5. The predicted molar refractivity (Wildman–Crippen MR) is 197 cm³/mol. The van der Waals surface area contributed by atoms with E-state index in [1.54, 1.807) is 7.11 Å². The summed E-state index contributed by atoms with van der Waals surface area (Å²) in [7, 11) is 1.66. The van der Waals surface area contributed by atoms with Crippen LogP contribution in [0.2, 0.25) is 0 Å². The van der Waals surface area contributed by atoms with Crippen LogP contribution in [0.5, 0.6) is 0 Å². The van der Waals surface area contributed by atoms with Gasteiger partial charge in [-0.2, -0.15) is 5.90 Å². The number of methoxy groups -OCH3 is 1. The van der Waals surface area contributed by atoms with Crippen LogP contribution in [0.25, 0.3) is 0 Å². The molecule has 15 nitrogen and oxygen atoms in total. The van der Waals surface area contributed by atoms with Crippen LogP contribution in [0.4, 0.5) is 4.79 Å². The third kappa shape index (κ3) is 12.6. The van der Waals surface area contributed by atoms with Crippen molar-refractivity contribution in [1.29, 1.82) is 0 Å². The molecule has 52 heavy (non-hydrogen) atoms. The first-order valence-electron chi connectivity index (χ1n) is 19.5. The van der Waals surface area contributed by atoms with Crippen molar-refractivity contribution in [1.82, 2.24) is 25.1 Å². The summed E-state index contributed by atoms with van der Waals surface area (Å²) in [5.41, 5.74) is -0.947. The average molecular weight is 737 g/mol. The van der Waals surface area contributed by atoms with Gasteiger partial charge in [-0.05, 0) is 96.3 Å². The lowest BCUT2D eigenvalue weighted by Crippen LogP contribution is -2.60. The standard InChI is InChI=1S/C37H68N8O7/c1-25(2)19-21-42(33(47)24-43(22-20-34(48)52-40)35(49)27-11-17-30(51-6)18-12-27)23-32(46)37(4,5)41-28-13-15-29(16-14-28)44(38)36(50)45(39)31-10-8-7-9-26(31)3/h25-31,41H,7-24,38-40H2,1-6H3. The molecule has 3 rings (SSSR count). The molecule has 0 heterocycles. The summed E-state index contributed by atoms with van der Waals surface area (Å²) in [6.45, 7) is 9.85. The zero-order valence-electron chi connectivity index (χ0n) is 32.6. The summed E-state index contributed by atoms with van der Waals surface area (Å²) < 4.78 is 5.46. The van der Waals surface area contributed by atoms with E-state index in [1.807, 2.05) is 13.8 Å². The van der Waals surface area contributed by atoms with Gasteiger partial charge in [0, 0.05) is 32.2 Å². The van der Waals surface area contributed by atoms with E-state index in [1.165, 1.54) is 19.8 Å². The van der Waals surface area contributed by atoms with Crippen molar-refractivity contribution in [3.63, 3.8) is 0 Å². The van der Waals surface area contributed by atoms with Gasteiger partial charge in [0.2, 0.25) is 11.8 Å². The lowest BCUT2D eigenvalue weighted by Gasteiger charge is -2.41. The van der Waals surface area contributed by atoms with Gasteiger partial charge in [0.25, 0.3) is 0 Å². The maximum atomic E-state index is 13.9. The van der Waals surface area contributed by atoms with E-state index in [9.17, 15) is 24.0 Å². The van der Waals surface area contributed by atoms with Gasteiger partial charge in [-0.15, -0.1) is 0 Å². The van der Waals surface area contributed by atoms with Crippen LogP contribution in [0.15, 0.2) is 0 Å². The molecule has 0 aromatic rings. The first-order chi connectivity index (χ1) is 24.6. The summed E-state index contributed by atoms with van der Waals surface area (Å²) in [5, 5.41) is 6.14. The fourth-order valence-electron chi connectivity index (χ4n) is 7.93. The minimum Gasteiger partial charge on any atom is -0.381 e. The Bertz CT molecular complexity index is 1190. The summed E-state index contributed by atoms with van der Waals surface area (Å²) in [6, 6.07) is -0.487. The van der Waals surface area contributed by atoms with Crippen LogP contribution >= 0.6 is 0 Å². The van der Waals surface area contributed by atoms with E-state index in [0.717, 1.165) is 51.4 Å². The third-order valence-corrected chi connectivity index (χ3v) is 11.6. The number of ketones is 1. The molecule has 2 unspecified atom stereocenters. The molecular formula is C37H68N8O7. The topological polar surface area (TPSA) is 207 Å². The lowest BCUT2D eigenvalue weighted by atomic mass is 9.85. The van der Waals surface area contributed by atoms with Crippen LogP contribution in [-0.2, 0) is 28.8 Å². The molecule has 3 aliphatic rings. The summed E-state index contributed by atoms with van der Waals surface area (Å²) in [4.78, 5) is 73.8. The van der Waals surface area contributed by atoms with E-state index >= 15 is 0 Å². The number of hydrogen-bond acceptors (Lipinski definition) is 11. The Morgan fingerprint density at radius 3 is 2.04 bits per heavy atom. The number of hydrazine groups is 2. The molecule has 3 fully saturated rings. The van der Waals surface area contributed by atoms with Crippen LogP contribution in [-0.4, -0.2) is 112 Å². The fourth-order valence-corrected chi connectivity index (χ4v) is 7.93. The molecule has 15 heteroatoms. The molecule has 0 bridgehead atoms. The van der Waals surface area contributed by atoms with Gasteiger partial charge in [-0.25, -0.2) is 16.5 Å². The third-order valence-electron chi connectivity index (χ3n) is 11.6. The van der Waals surface area contributed by atoms with Gasteiger partial charge in [0.15, 0.2) is 5.78 Å². The fraction of sp³-hybridized carbons (Fsp3) is 0.865. The zero-order valence-corrected chi connectivity index (χ0v) is 32.6. The molecule has 0 aromatic heterocycles. The van der Waals surface area contributed by atoms with Crippen molar-refractivity contribution in [3.05, 3.63) is 0 Å². The number of amides is 4. The van der Waals surface area contributed by atoms with Gasteiger partial charge in [-0.3, -0.25) is 29.2 Å². The monoisotopic (exact) mass is 737 g/mol. The Morgan fingerprint density at radius 1 is 0.827 bits per heavy atom. The highest BCUT2D eigenvalue weighted by molar-refractivity contribution is 5.93. The second kappa shape index (κ2) is 20.6. The van der Waals surface area contributed by atoms with Gasteiger partial charge in [-0.1, -0.05) is 33.6 Å². The second-order valence-corrected chi connectivity index (χ2v) is 16.3. The Labute approximate surface area is 310 Å². The Balaban J connectivity index is 1.61. The molecular weight excluding hydrogens is 668 g/mol. The van der Waals surface area contributed by atoms with E-state index < -0.39 is 11.5 Å². The number of Topliss-reactive ketones (excluding diaryl/α,β-unsaturated/α-hetero) is 1. The molecule has 298 valence electrons. The first-order valence-corrected chi connectivity index (χ1v) is 19.5. The number of urea groups is 1. The minimum atomic E-state index is -0.947. The summed E-state index contributed by atoms with van der Waals surface area (Å²) in [6.07, 6.45) is 10.3. The predicted octanol–water partition coefficient (Wildman–Crippen LogP) is 3.00. The summed E-state index contributed by atoms with van der Waals surface area (Å²) in [5.74, 6) is 16.6. The molecule has 2 atom stereocenters. The van der Waals surface area contributed by atoms with Crippen molar-refractivity contribution >= 4 is 29.6 Å². The zero-order chi connectivity index (χ0) is 38.6. The van der Waals surface area contributed by atoms with E-state index in [2.05, 4.69) is 30.9 Å². The molecule has 0 aromatic carbocycles. The maximum absolute atomic E-state index is 13.9. The smallest absolute Gasteiger partial charge is 0.348 e. The molecule has 0 radical (unpaired) electrons. The molecule has 4 amide bonds. The second-order valence-electron chi connectivity index (χ2n) is 16.3. The highest BCUT2D eigenvalue weighted by atomic mass is 16.7. The lowest BCUT2D eigenvalue weighted by molar-refractivity contribution is -0.148. The van der Waals surface area contributed by atoms with Gasteiger partial charge in [0.1, 0.15) is 0 Å². The van der Waals surface area contributed by atoms with Crippen LogP contribution in [0.1, 0.15) is 125 Å². The van der Waals surface area contributed by atoms with Gasteiger partial charge < -0.3 is 24.7 Å². The van der Waals surface area contributed by atoms with Crippen molar-refractivity contribution < 1.29 is 33.5 Å². The van der Waals surface area contributed by atoms with Crippen molar-refractivity contribution in [2.45, 2.75) is 154 Å². The first kappa shape index (κ1) is 43.6. The molecule has 3 aliphatic carbocycles. The van der Waals surface area contributed by atoms with Crippen molar-refractivity contribution in [3.8, 4) is 0 Å². The highest BCUT2D eigenvalue weighted by Gasteiger charge is 2.38. The van der Waals surface area contributed by atoms with E-state index in [-0.39, 0.29) is 85.7 Å². The highest BCUT2D eigenvalue weighted by Crippen LogP contribution is 2.30. The largest absolute Gasteiger partial charge is 0.381 e. The van der Waals surface area contributed by atoms with Crippen molar-refractivity contribution in [2.75, 3.05) is 33.3 Å². The normalized spacial score (nSPS) is 25.3. The van der Waals surface area contributed by atoms with Crippen LogP contribution < -0.4 is 22.9 Å². The number of nitrogens with two attached hydrogens (primary N) is 3. The van der Waals surface area contributed by atoms with Crippen molar-refractivity contribution in [2.24, 2.45) is 35.3 Å². The van der Waals surface area contributed by atoms with E-state index in [0.29, 0.717) is 44.6 Å². The van der Waals surface area contributed by atoms with Crippen LogP contribution in [0, 0.1) is 17.8 Å². The SMILES string of the molecule is COC1CCC(C(=O)N(CCC(=O)ON)CC(=O)N(CCC(C)C)CC(=O)C(C)(C)NC2CCC(N(N)C(=O)N(N)C3CCCCC3C)CC2)CC1.